The van der Waals surface area contributed by atoms with E-state index in [0.29, 0.717) is 18.7 Å². The molecule has 0 radical (unpaired) electrons. The number of nitrogens with zero attached hydrogens (tertiary/aromatic N) is 2. The van der Waals surface area contributed by atoms with Crippen molar-refractivity contribution in [3.8, 4) is 23.1 Å². The van der Waals surface area contributed by atoms with Gasteiger partial charge < -0.3 is 15.0 Å². The predicted molar refractivity (Wildman–Crippen MR) is 91.5 cm³/mol. The summed E-state index contributed by atoms with van der Waals surface area (Å²) in [5, 5.41) is 11.8. The van der Waals surface area contributed by atoms with Gasteiger partial charge in [-0.1, -0.05) is 24.3 Å². The summed E-state index contributed by atoms with van der Waals surface area (Å²) in [6, 6.07) is 15.3. The molecule has 0 unspecified atom stereocenters. The van der Waals surface area contributed by atoms with Crippen molar-refractivity contribution in [1.82, 2.24) is 10.2 Å². The van der Waals surface area contributed by atoms with Crippen LogP contribution in [0.2, 0.25) is 0 Å². The summed E-state index contributed by atoms with van der Waals surface area (Å²) in [4.78, 5) is 14.0. The highest BCUT2D eigenvalue weighted by Crippen LogP contribution is 2.24. The molecule has 3 rings (SSSR count). The molecule has 0 bridgehead atoms. The van der Waals surface area contributed by atoms with Crippen molar-refractivity contribution in [2.75, 3.05) is 20.2 Å². The molecule has 0 aliphatic carbocycles. The van der Waals surface area contributed by atoms with Gasteiger partial charge in [-0.05, 0) is 42.3 Å². The molecule has 0 atom stereocenters. The molecule has 1 aliphatic heterocycles. The van der Waals surface area contributed by atoms with Crippen molar-refractivity contribution in [2.45, 2.75) is 12.5 Å². The Balaban J connectivity index is 1.70. The first-order chi connectivity index (χ1) is 11.5. The molecule has 1 saturated heterocycles. The standard InChI is InChI=1S/C19H19N3O2/c1-19(11-22(12-19)13-20)21-18(23)15-8-6-14(7-9-15)16-4-3-5-17(10-16)24-2/h3-10H,11-12H2,1-2H3,(H,21,23). The van der Waals surface area contributed by atoms with Crippen LogP contribution in [0.25, 0.3) is 11.1 Å². The molecular formula is C19H19N3O2. The smallest absolute Gasteiger partial charge is 0.251 e. The zero-order valence-corrected chi connectivity index (χ0v) is 13.7. The number of hydrogen-bond acceptors (Lipinski definition) is 4. The van der Waals surface area contributed by atoms with Crippen LogP contribution < -0.4 is 10.1 Å². The van der Waals surface area contributed by atoms with E-state index in [1.807, 2.05) is 55.5 Å². The Morgan fingerprint density at radius 2 is 1.92 bits per heavy atom. The maximum atomic E-state index is 12.4. The molecule has 1 aliphatic rings. The average molecular weight is 321 g/mol. The summed E-state index contributed by atoms with van der Waals surface area (Å²) in [6.07, 6.45) is 2.08. The molecule has 0 saturated carbocycles. The van der Waals surface area contributed by atoms with Gasteiger partial charge in [-0.15, -0.1) is 0 Å². The van der Waals surface area contributed by atoms with E-state index < -0.39 is 0 Å². The van der Waals surface area contributed by atoms with Crippen LogP contribution in [0.15, 0.2) is 48.5 Å². The van der Waals surface area contributed by atoms with E-state index >= 15 is 0 Å². The minimum Gasteiger partial charge on any atom is -0.497 e. The Morgan fingerprint density at radius 3 is 2.54 bits per heavy atom. The number of methoxy groups -OCH3 is 1. The van der Waals surface area contributed by atoms with Gasteiger partial charge in [0.25, 0.3) is 5.91 Å². The number of carbonyl (C=O) groups excluding carboxylic acids is 1. The molecule has 5 nitrogen and oxygen atoms in total. The number of rotatable bonds is 4. The number of hydrogen-bond donors (Lipinski definition) is 1. The summed E-state index contributed by atoms with van der Waals surface area (Å²) in [5.41, 5.74) is 2.34. The van der Waals surface area contributed by atoms with Crippen LogP contribution >= 0.6 is 0 Å². The molecule has 0 aromatic heterocycles. The first kappa shape index (κ1) is 15.9. The summed E-state index contributed by atoms with van der Waals surface area (Å²) in [6.45, 7) is 3.05. The second kappa shape index (κ2) is 6.25. The van der Waals surface area contributed by atoms with E-state index in [0.717, 1.165) is 16.9 Å². The van der Waals surface area contributed by atoms with Crippen LogP contribution in [0, 0.1) is 11.5 Å². The minimum absolute atomic E-state index is 0.118. The number of benzene rings is 2. The third kappa shape index (κ3) is 3.18. The number of ether oxygens (including phenoxy) is 1. The van der Waals surface area contributed by atoms with Gasteiger partial charge in [0.15, 0.2) is 6.19 Å². The van der Waals surface area contributed by atoms with Crippen LogP contribution in [0.3, 0.4) is 0 Å². The predicted octanol–water partition coefficient (Wildman–Crippen LogP) is 2.65. The molecule has 1 amide bonds. The minimum atomic E-state index is -0.335. The van der Waals surface area contributed by atoms with Gasteiger partial charge in [0.05, 0.1) is 25.7 Å². The first-order valence-corrected chi connectivity index (χ1v) is 7.75. The van der Waals surface area contributed by atoms with Gasteiger partial charge in [-0.25, -0.2) is 0 Å². The average Bonchev–Trinajstić information content (AvgIpc) is 2.59. The molecule has 24 heavy (non-hydrogen) atoms. The van der Waals surface area contributed by atoms with Gasteiger partial charge in [0.2, 0.25) is 0 Å². The first-order valence-electron chi connectivity index (χ1n) is 7.75. The second-order valence-corrected chi connectivity index (χ2v) is 6.28. The van der Waals surface area contributed by atoms with Crippen LogP contribution in [0.4, 0.5) is 0 Å². The number of nitriles is 1. The SMILES string of the molecule is COc1cccc(-c2ccc(C(=O)NC3(C)CN(C#N)C3)cc2)c1. The number of amides is 1. The topological polar surface area (TPSA) is 65.4 Å². The van der Waals surface area contributed by atoms with Crippen molar-refractivity contribution in [1.29, 1.82) is 5.26 Å². The number of nitrogens with one attached hydrogen (secondary N) is 1. The fourth-order valence-corrected chi connectivity index (χ4v) is 2.91. The quantitative estimate of drug-likeness (QED) is 0.879. The lowest BCUT2D eigenvalue weighted by atomic mass is 9.92. The summed E-state index contributed by atoms with van der Waals surface area (Å²) in [7, 11) is 1.64. The molecule has 2 aromatic carbocycles. The maximum absolute atomic E-state index is 12.4. The van der Waals surface area contributed by atoms with Crippen molar-refractivity contribution in [2.24, 2.45) is 0 Å². The summed E-state index contributed by atoms with van der Waals surface area (Å²) in [5.74, 6) is 0.682. The Bertz CT molecular complexity index is 787. The van der Waals surface area contributed by atoms with Crippen molar-refractivity contribution in [3.63, 3.8) is 0 Å². The largest absolute Gasteiger partial charge is 0.497 e. The molecule has 5 heteroatoms. The zero-order chi connectivity index (χ0) is 17.2. The normalized spacial score (nSPS) is 15.1. The van der Waals surface area contributed by atoms with E-state index in [2.05, 4.69) is 11.5 Å². The Morgan fingerprint density at radius 1 is 1.21 bits per heavy atom. The van der Waals surface area contributed by atoms with Gasteiger partial charge in [-0.2, -0.15) is 5.26 Å². The van der Waals surface area contributed by atoms with Gasteiger partial charge in [0, 0.05) is 5.56 Å². The van der Waals surface area contributed by atoms with Crippen LogP contribution in [-0.2, 0) is 0 Å². The Labute approximate surface area is 141 Å². The third-order valence-corrected chi connectivity index (χ3v) is 4.19. The van der Waals surface area contributed by atoms with E-state index in [1.165, 1.54) is 0 Å². The number of likely N-dealkylation sites (tertiary alicyclic amines) is 1. The van der Waals surface area contributed by atoms with E-state index in [9.17, 15) is 4.79 Å². The fourth-order valence-electron chi connectivity index (χ4n) is 2.91. The van der Waals surface area contributed by atoms with Crippen molar-refractivity contribution < 1.29 is 9.53 Å². The fraction of sp³-hybridized carbons (Fsp3) is 0.263. The van der Waals surface area contributed by atoms with Crippen molar-refractivity contribution in [3.05, 3.63) is 54.1 Å². The molecule has 1 fully saturated rings. The lowest BCUT2D eigenvalue weighted by molar-refractivity contribution is 0.0720. The maximum Gasteiger partial charge on any atom is 0.251 e. The van der Waals surface area contributed by atoms with Crippen LogP contribution in [-0.4, -0.2) is 36.5 Å². The highest BCUT2D eigenvalue weighted by molar-refractivity contribution is 5.95. The Kier molecular flexibility index (Phi) is 4.13. The second-order valence-electron chi connectivity index (χ2n) is 6.28. The number of carbonyl (C=O) groups is 1. The lowest BCUT2D eigenvalue weighted by Gasteiger charge is -2.45. The van der Waals surface area contributed by atoms with Gasteiger partial charge >= 0.3 is 0 Å². The molecule has 1 heterocycles. The van der Waals surface area contributed by atoms with Crippen molar-refractivity contribution >= 4 is 5.91 Å². The molecule has 2 aromatic rings. The zero-order valence-electron chi connectivity index (χ0n) is 13.7. The van der Waals surface area contributed by atoms with Gasteiger partial charge in [0.1, 0.15) is 5.75 Å². The summed E-state index contributed by atoms with van der Waals surface area (Å²) >= 11 is 0. The third-order valence-electron chi connectivity index (χ3n) is 4.19. The summed E-state index contributed by atoms with van der Waals surface area (Å²) < 4.78 is 5.24. The molecular weight excluding hydrogens is 302 g/mol. The molecule has 122 valence electrons. The van der Waals surface area contributed by atoms with Gasteiger partial charge in [-0.3, -0.25) is 4.79 Å². The molecule has 1 N–H and O–H groups in total. The van der Waals surface area contributed by atoms with E-state index in [4.69, 9.17) is 10.00 Å². The highest BCUT2D eigenvalue weighted by atomic mass is 16.5. The van der Waals surface area contributed by atoms with Crippen LogP contribution in [0.1, 0.15) is 17.3 Å². The lowest BCUT2D eigenvalue weighted by Crippen LogP contribution is -2.67. The molecule has 0 spiro atoms. The van der Waals surface area contributed by atoms with E-state index in [1.54, 1.807) is 12.0 Å². The Hall–Kier alpha value is -3.00. The highest BCUT2D eigenvalue weighted by Gasteiger charge is 2.39. The van der Waals surface area contributed by atoms with E-state index in [-0.39, 0.29) is 11.4 Å². The van der Waals surface area contributed by atoms with Crippen LogP contribution in [0.5, 0.6) is 5.75 Å². The monoisotopic (exact) mass is 321 g/mol.